The van der Waals surface area contributed by atoms with Crippen LogP contribution in [0, 0.1) is 0 Å². The number of amides is 1. The van der Waals surface area contributed by atoms with E-state index in [9.17, 15) is 4.79 Å². The summed E-state index contributed by atoms with van der Waals surface area (Å²) < 4.78 is 4.94. The molecule has 1 fully saturated rings. The topological polar surface area (TPSA) is 75.4 Å². The summed E-state index contributed by atoms with van der Waals surface area (Å²) in [6, 6.07) is 7.74. The molecule has 0 spiro atoms. The molecule has 2 aromatic heterocycles. The zero-order chi connectivity index (χ0) is 15.6. The Morgan fingerprint density at radius 3 is 2.78 bits per heavy atom. The van der Waals surface area contributed by atoms with Gasteiger partial charge in [-0.25, -0.2) is 9.97 Å². The molecule has 0 N–H and O–H groups in total. The summed E-state index contributed by atoms with van der Waals surface area (Å²) in [5.41, 5.74) is 2.06. The first kappa shape index (κ1) is 13.7. The summed E-state index contributed by atoms with van der Waals surface area (Å²) in [7, 11) is 0. The third-order valence-corrected chi connectivity index (χ3v) is 4.07. The van der Waals surface area contributed by atoms with Crippen LogP contribution in [0.4, 0.5) is 5.69 Å². The Bertz CT molecular complexity index is 825. The summed E-state index contributed by atoms with van der Waals surface area (Å²) in [6.07, 6.45) is 4.85. The van der Waals surface area contributed by atoms with Crippen LogP contribution in [0.2, 0.25) is 0 Å². The fourth-order valence-electron chi connectivity index (χ4n) is 2.82. The van der Waals surface area contributed by atoms with Crippen molar-refractivity contribution in [1.82, 2.24) is 20.0 Å². The van der Waals surface area contributed by atoms with E-state index < -0.39 is 0 Å². The van der Waals surface area contributed by atoms with E-state index in [0.717, 1.165) is 29.7 Å². The maximum Gasteiger partial charge on any atom is 0.292 e. The third kappa shape index (κ3) is 2.61. The molecule has 0 aliphatic carbocycles. The van der Waals surface area contributed by atoms with Gasteiger partial charge in [-0.2, -0.15) is 0 Å². The molecule has 0 unspecified atom stereocenters. The Labute approximate surface area is 132 Å². The highest BCUT2D eigenvalue weighted by Crippen LogP contribution is 2.22. The minimum Gasteiger partial charge on any atom is -0.368 e. The van der Waals surface area contributed by atoms with Crippen molar-refractivity contribution in [2.75, 3.05) is 31.1 Å². The number of rotatable bonds is 2. The van der Waals surface area contributed by atoms with Crippen molar-refractivity contribution in [2.24, 2.45) is 0 Å². The molecule has 116 valence electrons. The second kappa shape index (κ2) is 5.68. The maximum atomic E-state index is 12.2. The molecule has 1 amide bonds. The minimum absolute atomic E-state index is 0.103. The molecule has 3 aromatic rings. The van der Waals surface area contributed by atoms with Gasteiger partial charge in [-0.3, -0.25) is 4.79 Å². The molecule has 0 bridgehead atoms. The monoisotopic (exact) mass is 309 g/mol. The van der Waals surface area contributed by atoms with Crippen molar-refractivity contribution in [1.29, 1.82) is 0 Å². The summed E-state index contributed by atoms with van der Waals surface area (Å²) in [5.74, 6) is 0.190. The molecule has 0 atom stereocenters. The van der Waals surface area contributed by atoms with Crippen molar-refractivity contribution >= 4 is 22.5 Å². The second-order valence-electron chi connectivity index (χ2n) is 5.42. The SMILES string of the molecule is O=C(c1ccno1)N1CCN(c2ccc3ncncc3c2)CC1. The van der Waals surface area contributed by atoms with Crippen LogP contribution >= 0.6 is 0 Å². The highest BCUT2D eigenvalue weighted by Gasteiger charge is 2.24. The van der Waals surface area contributed by atoms with Crippen LogP contribution in [-0.4, -0.2) is 52.1 Å². The number of piperazine rings is 1. The Morgan fingerprint density at radius 1 is 1.13 bits per heavy atom. The van der Waals surface area contributed by atoms with Gasteiger partial charge in [0.1, 0.15) is 6.33 Å². The lowest BCUT2D eigenvalue weighted by Crippen LogP contribution is -2.48. The van der Waals surface area contributed by atoms with Crippen molar-refractivity contribution in [3.63, 3.8) is 0 Å². The number of hydrogen-bond donors (Lipinski definition) is 0. The van der Waals surface area contributed by atoms with Gasteiger partial charge >= 0.3 is 0 Å². The van der Waals surface area contributed by atoms with Crippen LogP contribution < -0.4 is 4.90 Å². The fourth-order valence-corrected chi connectivity index (χ4v) is 2.82. The van der Waals surface area contributed by atoms with Crippen molar-refractivity contribution in [3.05, 3.63) is 48.7 Å². The van der Waals surface area contributed by atoms with Crippen LogP contribution in [0.3, 0.4) is 0 Å². The van der Waals surface area contributed by atoms with Crippen LogP contribution in [0.25, 0.3) is 10.9 Å². The van der Waals surface area contributed by atoms with E-state index in [1.54, 1.807) is 17.3 Å². The predicted molar refractivity (Wildman–Crippen MR) is 84.2 cm³/mol. The fraction of sp³-hybridized carbons (Fsp3) is 0.250. The lowest BCUT2D eigenvalue weighted by Gasteiger charge is -2.35. The van der Waals surface area contributed by atoms with E-state index in [2.05, 4.69) is 32.2 Å². The molecule has 0 saturated carbocycles. The normalized spacial score (nSPS) is 15.1. The van der Waals surface area contributed by atoms with Gasteiger partial charge in [0.15, 0.2) is 0 Å². The predicted octanol–water partition coefficient (Wildman–Crippen LogP) is 1.58. The number of fused-ring (bicyclic) bond motifs is 1. The first-order valence-electron chi connectivity index (χ1n) is 7.46. The standard InChI is InChI=1S/C16H15N5O2/c22-16(15-3-4-19-23-15)21-7-5-20(6-8-21)13-1-2-14-12(9-13)10-17-11-18-14/h1-4,9-11H,5-8H2. The van der Waals surface area contributed by atoms with Gasteiger partial charge in [-0.05, 0) is 18.2 Å². The van der Waals surface area contributed by atoms with Crippen LogP contribution in [0.5, 0.6) is 0 Å². The van der Waals surface area contributed by atoms with E-state index in [1.807, 2.05) is 12.3 Å². The molecule has 1 saturated heterocycles. The van der Waals surface area contributed by atoms with E-state index in [0.29, 0.717) is 18.8 Å². The smallest absolute Gasteiger partial charge is 0.292 e. The summed E-state index contributed by atoms with van der Waals surface area (Å²) in [4.78, 5) is 24.6. The van der Waals surface area contributed by atoms with Crippen molar-refractivity contribution in [3.8, 4) is 0 Å². The molecule has 7 heteroatoms. The third-order valence-electron chi connectivity index (χ3n) is 4.07. The molecular weight excluding hydrogens is 294 g/mol. The largest absolute Gasteiger partial charge is 0.368 e. The zero-order valence-electron chi connectivity index (χ0n) is 12.4. The highest BCUT2D eigenvalue weighted by molar-refractivity contribution is 5.91. The molecule has 1 aliphatic rings. The molecule has 23 heavy (non-hydrogen) atoms. The van der Waals surface area contributed by atoms with Crippen LogP contribution in [0.1, 0.15) is 10.6 Å². The lowest BCUT2D eigenvalue weighted by molar-refractivity contribution is 0.0705. The van der Waals surface area contributed by atoms with Gasteiger partial charge < -0.3 is 14.3 Å². The highest BCUT2D eigenvalue weighted by atomic mass is 16.5. The van der Waals surface area contributed by atoms with Crippen LogP contribution in [0.15, 0.2) is 47.5 Å². The number of hydrogen-bond acceptors (Lipinski definition) is 6. The molecule has 0 radical (unpaired) electrons. The number of nitrogens with zero attached hydrogens (tertiary/aromatic N) is 5. The van der Waals surface area contributed by atoms with Gasteiger partial charge in [-0.1, -0.05) is 5.16 Å². The summed E-state index contributed by atoms with van der Waals surface area (Å²) >= 11 is 0. The van der Waals surface area contributed by atoms with Gasteiger partial charge in [-0.15, -0.1) is 0 Å². The van der Waals surface area contributed by atoms with Crippen molar-refractivity contribution < 1.29 is 9.32 Å². The zero-order valence-corrected chi connectivity index (χ0v) is 12.4. The summed E-state index contributed by atoms with van der Waals surface area (Å²) in [5, 5.41) is 4.60. The van der Waals surface area contributed by atoms with E-state index in [4.69, 9.17) is 4.52 Å². The number of benzene rings is 1. The number of carbonyl (C=O) groups is 1. The number of aromatic nitrogens is 3. The average molecular weight is 309 g/mol. The summed E-state index contributed by atoms with van der Waals surface area (Å²) in [6.45, 7) is 2.86. The Morgan fingerprint density at radius 2 is 2.00 bits per heavy atom. The molecule has 1 aliphatic heterocycles. The Kier molecular flexibility index (Phi) is 3.38. The Hall–Kier alpha value is -2.96. The number of anilines is 1. The second-order valence-corrected chi connectivity index (χ2v) is 5.42. The quantitative estimate of drug-likeness (QED) is 0.715. The molecule has 7 nitrogen and oxygen atoms in total. The Balaban J connectivity index is 1.47. The van der Waals surface area contributed by atoms with E-state index in [-0.39, 0.29) is 5.91 Å². The van der Waals surface area contributed by atoms with Gasteiger partial charge in [0, 0.05) is 49.5 Å². The average Bonchev–Trinajstić information content (AvgIpc) is 3.15. The van der Waals surface area contributed by atoms with E-state index >= 15 is 0 Å². The number of carbonyl (C=O) groups excluding carboxylic acids is 1. The van der Waals surface area contributed by atoms with Gasteiger partial charge in [0.05, 0.1) is 11.7 Å². The first-order chi connectivity index (χ1) is 11.3. The van der Waals surface area contributed by atoms with Gasteiger partial charge in [0.2, 0.25) is 5.76 Å². The molecular formula is C16H15N5O2. The van der Waals surface area contributed by atoms with E-state index in [1.165, 1.54) is 6.20 Å². The minimum atomic E-state index is -0.103. The van der Waals surface area contributed by atoms with Crippen LogP contribution in [-0.2, 0) is 0 Å². The van der Waals surface area contributed by atoms with Crippen molar-refractivity contribution in [2.45, 2.75) is 0 Å². The lowest BCUT2D eigenvalue weighted by atomic mass is 10.2. The maximum absolute atomic E-state index is 12.2. The molecule has 3 heterocycles. The molecule has 4 rings (SSSR count). The first-order valence-corrected chi connectivity index (χ1v) is 7.46. The van der Waals surface area contributed by atoms with Gasteiger partial charge in [0.25, 0.3) is 5.91 Å². The molecule has 1 aromatic carbocycles.